The Balaban J connectivity index is 1.66. The molecule has 1 atom stereocenters. The Kier molecular flexibility index (Phi) is 5.86. The van der Waals surface area contributed by atoms with Gasteiger partial charge in [-0.1, -0.05) is 34.5 Å². The average molecular weight is 325 g/mol. The van der Waals surface area contributed by atoms with E-state index in [2.05, 4.69) is 26.6 Å². The van der Waals surface area contributed by atoms with Crippen molar-refractivity contribution in [3.05, 3.63) is 34.3 Å². The molecule has 19 heavy (non-hydrogen) atoms. The molecule has 2 rings (SSSR count). The first-order valence-electron chi connectivity index (χ1n) is 6.98. The fourth-order valence-corrected chi connectivity index (χ4v) is 2.86. The number of carbonyl (C=O) groups is 1. The second-order valence-corrected chi connectivity index (χ2v) is 6.01. The number of benzene rings is 1. The molecule has 0 bridgehead atoms. The van der Waals surface area contributed by atoms with E-state index in [1.165, 1.54) is 19.3 Å². The maximum absolute atomic E-state index is 11.8. The molecule has 0 saturated carbocycles. The summed E-state index contributed by atoms with van der Waals surface area (Å²) in [5.74, 6) is 0.146. The summed E-state index contributed by atoms with van der Waals surface area (Å²) >= 11 is 3.43. The Morgan fingerprint density at radius 2 is 2.32 bits per heavy atom. The van der Waals surface area contributed by atoms with Crippen molar-refractivity contribution >= 4 is 21.8 Å². The van der Waals surface area contributed by atoms with Crippen molar-refractivity contribution in [1.29, 1.82) is 0 Å². The van der Waals surface area contributed by atoms with Crippen LogP contribution in [0.1, 0.15) is 37.7 Å². The van der Waals surface area contributed by atoms with E-state index >= 15 is 0 Å². The minimum absolute atomic E-state index is 0.146. The van der Waals surface area contributed by atoms with Gasteiger partial charge in [0.15, 0.2) is 0 Å². The Labute approximate surface area is 123 Å². The molecule has 0 aliphatic carbocycles. The van der Waals surface area contributed by atoms with Crippen molar-refractivity contribution < 1.29 is 4.79 Å². The molecule has 2 N–H and O–H groups in total. The van der Waals surface area contributed by atoms with E-state index in [0.29, 0.717) is 19.0 Å². The van der Waals surface area contributed by atoms with Gasteiger partial charge in [-0.05, 0) is 43.5 Å². The molecule has 1 aliphatic rings. The van der Waals surface area contributed by atoms with Crippen molar-refractivity contribution in [1.82, 2.24) is 10.6 Å². The minimum Gasteiger partial charge on any atom is -0.352 e. The second kappa shape index (κ2) is 7.65. The lowest BCUT2D eigenvalue weighted by Gasteiger charge is -2.23. The number of piperidine rings is 1. The molecule has 0 radical (unpaired) electrons. The molecule has 3 nitrogen and oxygen atoms in total. The van der Waals surface area contributed by atoms with Crippen LogP contribution in [0.15, 0.2) is 28.7 Å². The molecule has 1 aliphatic heterocycles. The Morgan fingerprint density at radius 3 is 3.05 bits per heavy atom. The highest BCUT2D eigenvalue weighted by Gasteiger charge is 2.13. The highest BCUT2D eigenvalue weighted by atomic mass is 79.9. The van der Waals surface area contributed by atoms with Crippen molar-refractivity contribution in [2.24, 2.45) is 0 Å². The molecule has 1 amide bonds. The molecule has 1 aromatic rings. The van der Waals surface area contributed by atoms with Crippen LogP contribution < -0.4 is 10.6 Å². The van der Waals surface area contributed by atoms with Crippen LogP contribution in [0.5, 0.6) is 0 Å². The number of amides is 1. The van der Waals surface area contributed by atoms with Gasteiger partial charge in [-0.15, -0.1) is 0 Å². The zero-order valence-electron chi connectivity index (χ0n) is 11.1. The summed E-state index contributed by atoms with van der Waals surface area (Å²) in [6.45, 7) is 1.71. The molecule has 1 heterocycles. The van der Waals surface area contributed by atoms with E-state index < -0.39 is 0 Å². The van der Waals surface area contributed by atoms with Gasteiger partial charge in [0.25, 0.3) is 0 Å². The number of hydrogen-bond acceptors (Lipinski definition) is 2. The van der Waals surface area contributed by atoms with Crippen molar-refractivity contribution in [3.63, 3.8) is 0 Å². The zero-order chi connectivity index (χ0) is 13.5. The number of hydrogen-bond donors (Lipinski definition) is 2. The summed E-state index contributed by atoms with van der Waals surface area (Å²) in [6, 6.07) is 8.55. The average Bonchev–Trinajstić information content (AvgIpc) is 2.44. The quantitative estimate of drug-likeness (QED) is 0.874. The van der Waals surface area contributed by atoms with Crippen LogP contribution in [0.3, 0.4) is 0 Å². The zero-order valence-corrected chi connectivity index (χ0v) is 12.7. The van der Waals surface area contributed by atoms with Crippen LogP contribution in [0.2, 0.25) is 0 Å². The molecule has 0 aromatic heterocycles. The summed E-state index contributed by atoms with van der Waals surface area (Å²) in [5.41, 5.74) is 1.12. The highest BCUT2D eigenvalue weighted by molar-refractivity contribution is 9.10. The largest absolute Gasteiger partial charge is 0.352 e. The molecule has 4 heteroatoms. The molecule has 1 saturated heterocycles. The van der Waals surface area contributed by atoms with Crippen LogP contribution in [-0.4, -0.2) is 18.5 Å². The predicted molar refractivity (Wildman–Crippen MR) is 80.9 cm³/mol. The maximum atomic E-state index is 11.8. The summed E-state index contributed by atoms with van der Waals surface area (Å²) in [4.78, 5) is 11.8. The van der Waals surface area contributed by atoms with Crippen molar-refractivity contribution in [3.8, 4) is 0 Å². The highest BCUT2D eigenvalue weighted by Crippen LogP contribution is 2.13. The molecule has 104 valence electrons. The second-order valence-electron chi connectivity index (χ2n) is 5.09. The van der Waals surface area contributed by atoms with Crippen molar-refractivity contribution in [2.75, 3.05) is 6.54 Å². The Hall–Kier alpha value is -0.870. The summed E-state index contributed by atoms with van der Waals surface area (Å²) in [7, 11) is 0. The standard InChI is InChI=1S/C15H21BrN2O/c16-13-5-3-4-12(10-13)11-18-15(19)8-7-14-6-1-2-9-17-14/h3-5,10,14,17H,1-2,6-9,11H2,(H,18,19). The summed E-state index contributed by atoms with van der Waals surface area (Å²) < 4.78 is 1.05. The van der Waals surface area contributed by atoms with E-state index in [0.717, 1.165) is 23.0 Å². The van der Waals surface area contributed by atoms with E-state index in [-0.39, 0.29) is 5.91 Å². The van der Waals surface area contributed by atoms with Crippen LogP contribution in [0.4, 0.5) is 0 Å². The lowest BCUT2D eigenvalue weighted by molar-refractivity contribution is -0.121. The molecular formula is C15H21BrN2O. The molecular weight excluding hydrogens is 304 g/mol. The Bertz CT molecular complexity index is 416. The number of rotatable bonds is 5. The summed E-state index contributed by atoms with van der Waals surface area (Å²) in [5, 5.41) is 6.45. The van der Waals surface area contributed by atoms with E-state index in [4.69, 9.17) is 0 Å². The smallest absolute Gasteiger partial charge is 0.220 e. The molecule has 1 aromatic carbocycles. The third-order valence-electron chi connectivity index (χ3n) is 3.51. The molecule has 1 fully saturated rings. The van der Waals surface area contributed by atoms with E-state index in [9.17, 15) is 4.79 Å². The van der Waals surface area contributed by atoms with Gasteiger partial charge in [-0.2, -0.15) is 0 Å². The summed E-state index contributed by atoms with van der Waals surface area (Å²) in [6.07, 6.45) is 5.33. The lowest BCUT2D eigenvalue weighted by Crippen LogP contribution is -2.35. The van der Waals surface area contributed by atoms with Crippen LogP contribution in [-0.2, 0) is 11.3 Å². The van der Waals surface area contributed by atoms with Crippen LogP contribution in [0, 0.1) is 0 Å². The Morgan fingerprint density at radius 1 is 1.42 bits per heavy atom. The maximum Gasteiger partial charge on any atom is 0.220 e. The monoisotopic (exact) mass is 324 g/mol. The van der Waals surface area contributed by atoms with Gasteiger partial charge in [0, 0.05) is 23.5 Å². The van der Waals surface area contributed by atoms with Crippen LogP contribution in [0.25, 0.3) is 0 Å². The van der Waals surface area contributed by atoms with E-state index in [1.807, 2.05) is 24.3 Å². The van der Waals surface area contributed by atoms with Gasteiger partial charge >= 0.3 is 0 Å². The van der Waals surface area contributed by atoms with Gasteiger partial charge in [-0.3, -0.25) is 4.79 Å². The fraction of sp³-hybridized carbons (Fsp3) is 0.533. The first-order chi connectivity index (χ1) is 9.24. The van der Waals surface area contributed by atoms with Gasteiger partial charge in [0.05, 0.1) is 0 Å². The molecule has 0 spiro atoms. The van der Waals surface area contributed by atoms with Gasteiger partial charge < -0.3 is 10.6 Å². The van der Waals surface area contributed by atoms with Crippen molar-refractivity contribution in [2.45, 2.75) is 44.7 Å². The third-order valence-corrected chi connectivity index (χ3v) is 4.00. The minimum atomic E-state index is 0.146. The SMILES string of the molecule is O=C(CCC1CCCCN1)NCc1cccc(Br)c1. The third kappa shape index (κ3) is 5.33. The fourth-order valence-electron chi connectivity index (χ4n) is 2.41. The topological polar surface area (TPSA) is 41.1 Å². The predicted octanol–water partition coefficient (Wildman–Crippen LogP) is 2.99. The van der Waals surface area contributed by atoms with E-state index in [1.54, 1.807) is 0 Å². The van der Waals surface area contributed by atoms with Gasteiger partial charge in [-0.25, -0.2) is 0 Å². The van der Waals surface area contributed by atoms with Crippen LogP contribution >= 0.6 is 15.9 Å². The normalized spacial score (nSPS) is 19.1. The molecule has 1 unspecified atom stereocenters. The first-order valence-corrected chi connectivity index (χ1v) is 7.78. The lowest BCUT2D eigenvalue weighted by atomic mass is 10.0. The first kappa shape index (κ1) is 14.5. The van der Waals surface area contributed by atoms with Gasteiger partial charge in [0.1, 0.15) is 0 Å². The number of nitrogens with one attached hydrogen (secondary N) is 2. The van der Waals surface area contributed by atoms with Gasteiger partial charge in [0.2, 0.25) is 5.91 Å². The number of carbonyl (C=O) groups excluding carboxylic acids is 1. The number of halogens is 1.